The number of amidine groups is 1. The average Bonchev–Trinajstić information content (AvgIpc) is 3.07. The molecule has 1 atom stereocenters. The van der Waals surface area contributed by atoms with Gasteiger partial charge in [0.2, 0.25) is 0 Å². The van der Waals surface area contributed by atoms with Crippen molar-refractivity contribution in [1.82, 2.24) is 25.0 Å². The minimum absolute atomic E-state index is 0.126. The number of pyridine rings is 1. The zero-order valence-corrected chi connectivity index (χ0v) is 16.8. The molecule has 0 bridgehead atoms. The van der Waals surface area contributed by atoms with Crippen LogP contribution in [-0.2, 0) is 13.5 Å². The van der Waals surface area contributed by atoms with Crippen LogP contribution in [-0.4, -0.2) is 45.6 Å². The highest BCUT2D eigenvalue weighted by Gasteiger charge is 2.17. The van der Waals surface area contributed by atoms with Gasteiger partial charge in [0, 0.05) is 51.4 Å². The Bertz CT molecular complexity index is 963. The van der Waals surface area contributed by atoms with Gasteiger partial charge in [-0.25, -0.2) is 4.98 Å². The maximum Gasteiger partial charge on any atom is 0.137 e. The van der Waals surface area contributed by atoms with Crippen LogP contribution in [0.1, 0.15) is 23.6 Å². The molecule has 7 heteroatoms. The van der Waals surface area contributed by atoms with Gasteiger partial charge in [-0.15, -0.1) is 6.58 Å². The fraction of sp³-hybridized carbons (Fsp3) is 0.286. The number of allylic oxidation sites excluding steroid dienone is 2. The van der Waals surface area contributed by atoms with E-state index in [1.165, 1.54) is 0 Å². The number of nitrogens with zero attached hydrogens (tertiary/aromatic N) is 5. The van der Waals surface area contributed by atoms with E-state index in [1.54, 1.807) is 10.9 Å². The second kappa shape index (κ2) is 8.12. The molecule has 1 aliphatic heterocycles. The van der Waals surface area contributed by atoms with E-state index >= 15 is 0 Å². The third-order valence-corrected chi connectivity index (χ3v) is 4.60. The highest BCUT2D eigenvalue weighted by atomic mass is 15.2. The standard InChI is InChI=1S/C21H27N7/c1-6-17-10-18(7-14(2)27(3)4)26-21(25-17)19-9-15(11-23-20(19)22)8-16-12-24-28(5)13-16/h6-7,9-13,17H,1,8H2,2-5H3,(H2,22,23)(H,25,26)/b14-7+. The number of nitrogens with one attached hydrogen (secondary N) is 1. The Balaban J connectivity index is 1.91. The summed E-state index contributed by atoms with van der Waals surface area (Å²) < 4.78 is 1.79. The zero-order chi connectivity index (χ0) is 20.3. The average molecular weight is 377 g/mol. The summed E-state index contributed by atoms with van der Waals surface area (Å²) >= 11 is 0. The van der Waals surface area contributed by atoms with Crippen LogP contribution in [0.4, 0.5) is 5.82 Å². The van der Waals surface area contributed by atoms with Crippen LogP contribution < -0.4 is 11.1 Å². The topological polar surface area (TPSA) is 84.4 Å². The molecular formula is C21H27N7. The molecule has 2 aromatic heterocycles. The van der Waals surface area contributed by atoms with E-state index in [-0.39, 0.29) is 6.04 Å². The molecule has 2 aromatic rings. The fourth-order valence-corrected chi connectivity index (χ4v) is 2.88. The molecule has 0 aliphatic carbocycles. The summed E-state index contributed by atoms with van der Waals surface area (Å²) in [6.07, 6.45) is 12.3. The van der Waals surface area contributed by atoms with Gasteiger partial charge in [-0.05, 0) is 36.3 Å². The van der Waals surface area contributed by atoms with Gasteiger partial charge in [0.15, 0.2) is 0 Å². The van der Waals surface area contributed by atoms with E-state index in [2.05, 4.69) is 39.9 Å². The Morgan fingerprint density at radius 2 is 2.14 bits per heavy atom. The van der Waals surface area contributed by atoms with Crippen molar-refractivity contribution in [3.05, 3.63) is 77.5 Å². The maximum atomic E-state index is 6.18. The van der Waals surface area contributed by atoms with E-state index in [1.807, 2.05) is 51.8 Å². The highest BCUT2D eigenvalue weighted by Crippen LogP contribution is 2.19. The minimum atomic E-state index is -0.126. The quantitative estimate of drug-likeness (QED) is 0.754. The van der Waals surface area contributed by atoms with Crippen molar-refractivity contribution in [1.29, 1.82) is 0 Å². The molecule has 0 spiro atoms. The summed E-state index contributed by atoms with van der Waals surface area (Å²) in [5.41, 5.74) is 11.2. The van der Waals surface area contributed by atoms with Crippen molar-refractivity contribution in [3.63, 3.8) is 0 Å². The molecule has 3 rings (SSSR count). The van der Waals surface area contributed by atoms with Crippen molar-refractivity contribution in [3.8, 4) is 0 Å². The lowest BCUT2D eigenvalue weighted by atomic mass is 10.1. The number of nitrogens with two attached hydrogens (primary N) is 1. The van der Waals surface area contributed by atoms with Crippen LogP contribution in [0.2, 0.25) is 0 Å². The van der Waals surface area contributed by atoms with E-state index < -0.39 is 0 Å². The first-order valence-corrected chi connectivity index (χ1v) is 9.13. The molecule has 1 unspecified atom stereocenters. The van der Waals surface area contributed by atoms with Crippen LogP contribution in [0.3, 0.4) is 0 Å². The van der Waals surface area contributed by atoms with Crippen molar-refractivity contribution in [2.45, 2.75) is 19.4 Å². The molecule has 1 aliphatic rings. The van der Waals surface area contributed by atoms with Crippen molar-refractivity contribution in [2.24, 2.45) is 12.0 Å². The normalized spacial score (nSPS) is 16.9. The summed E-state index contributed by atoms with van der Waals surface area (Å²) in [6, 6.07) is 1.91. The lowest BCUT2D eigenvalue weighted by Crippen LogP contribution is -2.30. The molecule has 3 N–H and O–H groups in total. The molecule has 7 nitrogen and oxygen atoms in total. The SMILES string of the molecule is C=CC1C=C(/C=C(\C)N(C)C)NC(c2cc(Cc3cnn(C)c3)cnc2N)=N1. The van der Waals surface area contributed by atoms with Gasteiger partial charge in [0.25, 0.3) is 0 Å². The summed E-state index contributed by atoms with van der Waals surface area (Å²) in [6.45, 7) is 5.95. The van der Waals surface area contributed by atoms with E-state index in [0.717, 1.165) is 34.5 Å². The van der Waals surface area contributed by atoms with Gasteiger partial charge in [0.1, 0.15) is 11.7 Å². The molecule has 0 radical (unpaired) electrons. The Morgan fingerprint density at radius 3 is 2.79 bits per heavy atom. The van der Waals surface area contributed by atoms with E-state index in [4.69, 9.17) is 10.7 Å². The lowest BCUT2D eigenvalue weighted by Gasteiger charge is -2.22. The third kappa shape index (κ3) is 4.49. The molecular weight excluding hydrogens is 350 g/mol. The first-order chi connectivity index (χ1) is 13.4. The van der Waals surface area contributed by atoms with Gasteiger partial charge in [0.05, 0.1) is 17.8 Å². The number of rotatable bonds is 6. The number of aromatic nitrogens is 3. The Morgan fingerprint density at radius 1 is 1.36 bits per heavy atom. The minimum Gasteiger partial charge on any atom is -0.383 e. The van der Waals surface area contributed by atoms with Crippen LogP contribution >= 0.6 is 0 Å². The van der Waals surface area contributed by atoms with Crippen LogP contribution in [0, 0.1) is 0 Å². The second-order valence-electron chi connectivity index (χ2n) is 7.11. The van der Waals surface area contributed by atoms with Crippen molar-refractivity contribution < 1.29 is 0 Å². The molecule has 3 heterocycles. The molecule has 0 aromatic carbocycles. The Kier molecular flexibility index (Phi) is 5.63. The predicted octanol–water partition coefficient (Wildman–Crippen LogP) is 2.24. The van der Waals surface area contributed by atoms with Crippen LogP contribution in [0.15, 0.2) is 65.9 Å². The van der Waals surface area contributed by atoms with Crippen LogP contribution in [0.5, 0.6) is 0 Å². The number of hydrogen-bond donors (Lipinski definition) is 2. The summed E-state index contributed by atoms with van der Waals surface area (Å²) in [7, 11) is 5.93. The number of aliphatic imine (C=N–C) groups is 1. The fourth-order valence-electron chi connectivity index (χ4n) is 2.88. The van der Waals surface area contributed by atoms with Crippen molar-refractivity contribution >= 4 is 11.7 Å². The first-order valence-electron chi connectivity index (χ1n) is 9.13. The van der Waals surface area contributed by atoms with Crippen LogP contribution in [0.25, 0.3) is 0 Å². The molecule has 28 heavy (non-hydrogen) atoms. The van der Waals surface area contributed by atoms with Gasteiger partial charge >= 0.3 is 0 Å². The summed E-state index contributed by atoms with van der Waals surface area (Å²) in [4.78, 5) is 11.2. The largest absolute Gasteiger partial charge is 0.383 e. The second-order valence-corrected chi connectivity index (χ2v) is 7.11. The number of nitrogen functional groups attached to an aromatic ring is 1. The number of hydrogen-bond acceptors (Lipinski definition) is 6. The molecule has 0 saturated carbocycles. The van der Waals surface area contributed by atoms with Gasteiger partial charge in [-0.2, -0.15) is 5.10 Å². The number of anilines is 1. The smallest absolute Gasteiger partial charge is 0.137 e. The van der Waals surface area contributed by atoms with Crippen molar-refractivity contribution in [2.75, 3.05) is 19.8 Å². The highest BCUT2D eigenvalue weighted by molar-refractivity contribution is 6.04. The van der Waals surface area contributed by atoms with Gasteiger partial charge in [-0.1, -0.05) is 6.08 Å². The Hall–Kier alpha value is -3.35. The zero-order valence-electron chi connectivity index (χ0n) is 16.8. The molecule has 0 fully saturated rings. The summed E-state index contributed by atoms with van der Waals surface area (Å²) in [5.74, 6) is 1.14. The maximum absolute atomic E-state index is 6.18. The van der Waals surface area contributed by atoms with E-state index in [9.17, 15) is 0 Å². The van der Waals surface area contributed by atoms with E-state index in [0.29, 0.717) is 11.7 Å². The first kappa shape index (κ1) is 19.4. The molecule has 0 amide bonds. The summed E-state index contributed by atoms with van der Waals surface area (Å²) in [5, 5.41) is 7.60. The predicted molar refractivity (Wildman–Crippen MR) is 114 cm³/mol. The Labute approximate surface area is 166 Å². The monoisotopic (exact) mass is 377 g/mol. The molecule has 146 valence electrons. The third-order valence-electron chi connectivity index (χ3n) is 4.60. The number of aryl methyl sites for hydroxylation is 1. The van der Waals surface area contributed by atoms with Gasteiger partial charge in [-0.3, -0.25) is 9.67 Å². The molecule has 0 saturated heterocycles. The van der Waals surface area contributed by atoms with Gasteiger partial charge < -0.3 is 16.0 Å². The lowest BCUT2D eigenvalue weighted by molar-refractivity contribution is 0.513.